The molecule has 1 atom stereocenters. The van der Waals surface area contributed by atoms with Gasteiger partial charge in [-0.25, -0.2) is 0 Å². The van der Waals surface area contributed by atoms with Gasteiger partial charge in [-0.1, -0.05) is 36.8 Å². The monoisotopic (exact) mass is 274 g/mol. The molecule has 1 aromatic carbocycles. The maximum Gasteiger partial charge on any atom is 0.227 e. The molecule has 0 radical (unpaired) electrons. The van der Waals surface area contributed by atoms with Gasteiger partial charge in [-0.3, -0.25) is 4.79 Å². The van der Waals surface area contributed by atoms with Gasteiger partial charge in [0.25, 0.3) is 0 Å². The number of benzene rings is 1. The van der Waals surface area contributed by atoms with E-state index in [9.17, 15) is 4.79 Å². The highest BCUT2D eigenvalue weighted by Crippen LogP contribution is 2.10. The summed E-state index contributed by atoms with van der Waals surface area (Å²) in [4.78, 5) is 14.5. The maximum atomic E-state index is 12.5. The number of hydrogen-bond donors (Lipinski definition) is 1. The summed E-state index contributed by atoms with van der Waals surface area (Å²) in [5.74, 6) is 0.254. The van der Waals surface area contributed by atoms with Crippen molar-refractivity contribution in [2.75, 3.05) is 19.6 Å². The molecule has 1 aliphatic rings. The van der Waals surface area contributed by atoms with Crippen LogP contribution in [0.15, 0.2) is 24.3 Å². The second-order valence-corrected chi connectivity index (χ2v) is 5.80. The fourth-order valence-corrected chi connectivity index (χ4v) is 2.76. The second-order valence-electron chi connectivity index (χ2n) is 5.80. The first-order valence-corrected chi connectivity index (χ1v) is 7.75. The Morgan fingerprint density at radius 3 is 2.70 bits per heavy atom. The first-order valence-electron chi connectivity index (χ1n) is 7.75. The third kappa shape index (κ3) is 4.34. The molecular weight excluding hydrogens is 248 g/mol. The quantitative estimate of drug-likeness (QED) is 0.864. The van der Waals surface area contributed by atoms with Gasteiger partial charge in [0.05, 0.1) is 6.42 Å². The highest BCUT2D eigenvalue weighted by atomic mass is 16.2. The van der Waals surface area contributed by atoms with E-state index in [1.165, 1.54) is 18.4 Å². The fourth-order valence-electron chi connectivity index (χ4n) is 2.76. The van der Waals surface area contributed by atoms with Crippen molar-refractivity contribution in [1.29, 1.82) is 0 Å². The van der Waals surface area contributed by atoms with Crippen LogP contribution in [0.2, 0.25) is 0 Å². The predicted octanol–water partition coefficient (Wildman–Crippen LogP) is 2.53. The van der Waals surface area contributed by atoms with Crippen molar-refractivity contribution < 1.29 is 4.79 Å². The SMILES string of the molecule is CCCN(CC1CCCN1)C(=O)Cc1ccc(C)cc1. The number of nitrogens with one attached hydrogen (secondary N) is 1. The molecule has 0 aliphatic carbocycles. The molecule has 1 heterocycles. The van der Waals surface area contributed by atoms with E-state index in [0.29, 0.717) is 12.5 Å². The van der Waals surface area contributed by atoms with Crippen molar-refractivity contribution in [3.05, 3.63) is 35.4 Å². The minimum Gasteiger partial charge on any atom is -0.341 e. The minimum absolute atomic E-state index is 0.254. The predicted molar refractivity (Wildman–Crippen MR) is 82.8 cm³/mol. The summed E-state index contributed by atoms with van der Waals surface area (Å²) in [6.45, 7) is 7.02. The molecular formula is C17H26N2O. The lowest BCUT2D eigenvalue weighted by molar-refractivity contribution is -0.130. The Morgan fingerprint density at radius 1 is 1.35 bits per heavy atom. The van der Waals surface area contributed by atoms with Crippen LogP contribution in [0.5, 0.6) is 0 Å². The summed E-state index contributed by atoms with van der Waals surface area (Å²) in [6, 6.07) is 8.76. The normalized spacial score (nSPS) is 18.2. The lowest BCUT2D eigenvalue weighted by Crippen LogP contribution is -2.42. The third-order valence-corrected chi connectivity index (χ3v) is 3.93. The molecule has 2 rings (SSSR count). The van der Waals surface area contributed by atoms with Crippen LogP contribution in [-0.4, -0.2) is 36.5 Å². The van der Waals surface area contributed by atoms with Crippen LogP contribution in [0.25, 0.3) is 0 Å². The highest BCUT2D eigenvalue weighted by molar-refractivity contribution is 5.78. The summed E-state index contributed by atoms with van der Waals surface area (Å²) in [6.07, 6.45) is 3.97. The van der Waals surface area contributed by atoms with Gasteiger partial charge in [0.1, 0.15) is 0 Å². The van der Waals surface area contributed by atoms with Crippen molar-refractivity contribution in [1.82, 2.24) is 10.2 Å². The molecule has 0 saturated carbocycles. The van der Waals surface area contributed by atoms with Crippen molar-refractivity contribution in [2.24, 2.45) is 0 Å². The Hall–Kier alpha value is -1.35. The lowest BCUT2D eigenvalue weighted by Gasteiger charge is -2.25. The Kier molecular flexibility index (Phi) is 5.60. The average Bonchev–Trinajstić information content (AvgIpc) is 2.94. The van der Waals surface area contributed by atoms with Crippen LogP contribution in [0, 0.1) is 6.92 Å². The molecule has 1 aliphatic heterocycles. The molecule has 1 saturated heterocycles. The third-order valence-electron chi connectivity index (χ3n) is 3.93. The van der Waals surface area contributed by atoms with Gasteiger partial charge < -0.3 is 10.2 Å². The van der Waals surface area contributed by atoms with E-state index in [2.05, 4.69) is 43.4 Å². The zero-order valence-electron chi connectivity index (χ0n) is 12.7. The number of carbonyl (C=O) groups is 1. The van der Waals surface area contributed by atoms with E-state index in [1.807, 2.05) is 4.90 Å². The highest BCUT2D eigenvalue weighted by Gasteiger charge is 2.20. The van der Waals surface area contributed by atoms with Gasteiger partial charge in [-0.2, -0.15) is 0 Å². The minimum atomic E-state index is 0.254. The van der Waals surface area contributed by atoms with Crippen molar-refractivity contribution in [2.45, 2.75) is 45.6 Å². The molecule has 110 valence electrons. The molecule has 1 amide bonds. The van der Waals surface area contributed by atoms with Gasteiger partial charge in [-0.15, -0.1) is 0 Å². The Labute approximate surface area is 122 Å². The number of hydrogen-bond acceptors (Lipinski definition) is 2. The number of nitrogens with zero attached hydrogens (tertiary/aromatic N) is 1. The summed E-state index contributed by atoms with van der Waals surface area (Å²) < 4.78 is 0. The zero-order valence-corrected chi connectivity index (χ0v) is 12.7. The lowest BCUT2D eigenvalue weighted by atomic mass is 10.1. The van der Waals surface area contributed by atoms with Gasteiger partial charge in [0.2, 0.25) is 5.91 Å². The number of aryl methyl sites for hydroxylation is 1. The summed E-state index contributed by atoms with van der Waals surface area (Å²) in [5, 5.41) is 3.48. The molecule has 20 heavy (non-hydrogen) atoms. The van der Waals surface area contributed by atoms with E-state index in [1.54, 1.807) is 0 Å². The zero-order chi connectivity index (χ0) is 14.4. The number of amides is 1. The van der Waals surface area contributed by atoms with E-state index < -0.39 is 0 Å². The molecule has 1 N–H and O–H groups in total. The van der Waals surface area contributed by atoms with Gasteiger partial charge >= 0.3 is 0 Å². The van der Waals surface area contributed by atoms with E-state index >= 15 is 0 Å². The molecule has 0 spiro atoms. The summed E-state index contributed by atoms with van der Waals surface area (Å²) >= 11 is 0. The largest absolute Gasteiger partial charge is 0.341 e. The molecule has 1 fully saturated rings. The molecule has 1 aromatic rings. The molecule has 1 unspecified atom stereocenters. The first kappa shape index (κ1) is 15.0. The van der Waals surface area contributed by atoms with Crippen molar-refractivity contribution in [3.63, 3.8) is 0 Å². The van der Waals surface area contributed by atoms with Gasteiger partial charge in [0, 0.05) is 19.1 Å². The van der Waals surface area contributed by atoms with Gasteiger partial charge in [0.15, 0.2) is 0 Å². The van der Waals surface area contributed by atoms with Crippen LogP contribution in [0.3, 0.4) is 0 Å². The maximum absolute atomic E-state index is 12.5. The Morgan fingerprint density at radius 2 is 2.10 bits per heavy atom. The molecule has 0 bridgehead atoms. The fraction of sp³-hybridized carbons (Fsp3) is 0.588. The first-order chi connectivity index (χ1) is 9.69. The molecule has 3 heteroatoms. The summed E-state index contributed by atoms with van der Waals surface area (Å²) in [5.41, 5.74) is 2.35. The Bertz CT molecular complexity index is 421. The van der Waals surface area contributed by atoms with Crippen molar-refractivity contribution in [3.8, 4) is 0 Å². The van der Waals surface area contributed by atoms with E-state index in [0.717, 1.165) is 31.6 Å². The average molecular weight is 274 g/mol. The number of carbonyl (C=O) groups excluding carboxylic acids is 1. The van der Waals surface area contributed by atoms with E-state index in [4.69, 9.17) is 0 Å². The molecule has 0 aromatic heterocycles. The van der Waals surface area contributed by atoms with Crippen LogP contribution in [-0.2, 0) is 11.2 Å². The number of rotatable bonds is 6. The van der Waals surface area contributed by atoms with Crippen LogP contribution >= 0.6 is 0 Å². The van der Waals surface area contributed by atoms with Crippen LogP contribution < -0.4 is 5.32 Å². The second kappa shape index (κ2) is 7.44. The van der Waals surface area contributed by atoms with Crippen molar-refractivity contribution >= 4 is 5.91 Å². The molecule has 3 nitrogen and oxygen atoms in total. The Balaban J connectivity index is 1.93. The van der Waals surface area contributed by atoms with Gasteiger partial charge in [-0.05, 0) is 38.3 Å². The smallest absolute Gasteiger partial charge is 0.227 e. The van der Waals surface area contributed by atoms with E-state index in [-0.39, 0.29) is 5.91 Å². The topological polar surface area (TPSA) is 32.3 Å². The van der Waals surface area contributed by atoms with Crippen LogP contribution in [0.4, 0.5) is 0 Å². The summed E-state index contributed by atoms with van der Waals surface area (Å²) in [7, 11) is 0. The standard InChI is InChI=1S/C17H26N2O/c1-3-11-19(13-16-5-4-10-18-16)17(20)12-15-8-6-14(2)7-9-15/h6-9,16,18H,3-5,10-13H2,1-2H3. The van der Waals surface area contributed by atoms with Crippen LogP contribution in [0.1, 0.15) is 37.3 Å².